The van der Waals surface area contributed by atoms with E-state index in [1.165, 1.54) is 12.1 Å². The van der Waals surface area contributed by atoms with Gasteiger partial charge in [0.05, 0.1) is 6.54 Å². The Morgan fingerprint density at radius 3 is 2.54 bits per heavy atom. The van der Waals surface area contributed by atoms with Crippen LogP contribution in [0.2, 0.25) is 0 Å². The summed E-state index contributed by atoms with van der Waals surface area (Å²) in [6.07, 6.45) is -2.15. The zero-order chi connectivity index (χ0) is 19.7. The van der Waals surface area contributed by atoms with Crippen molar-refractivity contribution < 1.29 is 17.9 Å². The summed E-state index contributed by atoms with van der Waals surface area (Å²) in [6, 6.07) is 9.95. The number of hydrogen-bond donors (Lipinski definition) is 2. The molecule has 0 atom stereocenters. The summed E-state index contributed by atoms with van der Waals surface area (Å²) in [5.41, 5.74) is 2.41. The lowest BCUT2D eigenvalue weighted by Gasteiger charge is -2.14. The normalized spacial score (nSPS) is 11.5. The molecule has 0 saturated heterocycles. The number of halogens is 4. The summed E-state index contributed by atoms with van der Waals surface area (Å²) in [5.74, 6) is 0.287. The van der Waals surface area contributed by atoms with E-state index in [2.05, 4.69) is 25.3 Å². The number of aryl methyl sites for hydroxylation is 1. The first-order valence-electron chi connectivity index (χ1n) is 8.64. The van der Waals surface area contributed by atoms with Crippen LogP contribution in [0.15, 0.2) is 47.6 Å². The van der Waals surface area contributed by atoms with Crippen LogP contribution in [0.4, 0.5) is 13.2 Å². The van der Waals surface area contributed by atoms with Crippen molar-refractivity contribution in [1.29, 1.82) is 0 Å². The standard InChI is InChI=1S/C19H23F3N4O.HI/c1-3-23-18(24-11-10-15-9-8-14(2)25-12-15)26-13-16-6-4-5-7-17(16)27-19(20,21)22;/h4-9,12H,3,10-11,13H2,1-2H3,(H2,23,24,26);1H. The van der Waals surface area contributed by atoms with Gasteiger partial charge < -0.3 is 15.4 Å². The number of nitrogens with zero attached hydrogens (tertiary/aromatic N) is 2. The third kappa shape index (κ3) is 8.77. The SMILES string of the molecule is CCNC(=NCc1ccccc1OC(F)(F)F)NCCc1ccc(C)nc1.I. The molecule has 0 radical (unpaired) electrons. The molecule has 2 aromatic rings. The number of alkyl halides is 3. The van der Waals surface area contributed by atoms with Crippen molar-refractivity contribution >= 4 is 29.9 Å². The van der Waals surface area contributed by atoms with Crippen molar-refractivity contribution in [2.75, 3.05) is 13.1 Å². The predicted octanol–water partition coefficient (Wildman–Crippen LogP) is 4.20. The molecule has 0 unspecified atom stereocenters. The number of aliphatic imine (C=N–C) groups is 1. The van der Waals surface area contributed by atoms with E-state index in [1.54, 1.807) is 12.1 Å². The van der Waals surface area contributed by atoms with Gasteiger partial charge in [-0.2, -0.15) is 0 Å². The van der Waals surface area contributed by atoms with Gasteiger partial charge in [-0.3, -0.25) is 4.98 Å². The fourth-order valence-electron chi connectivity index (χ4n) is 2.34. The molecule has 2 rings (SSSR count). The van der Waals surface area contributed by atoms with Crippen molar-refractivity contribution in [2.45, 2.75) is 33.2 Å². The van der Waals surface area contributed by atoms with Gasteiger partial charge in [0.15, 0.2) is 5.96 Å². The van der Waals surface area contributed by atoms with E-state index < -0.39 is 6.36 Å². The number of guanidine groups is 1. The van der Waals surface area contributed by atoms with Crippen LogP contribution in [0.1, 0.15) is 23.7 Å². The van der Waals surface area contributed by atoms with Crippen LogP contribution in [0.25, 0.3) is 0 Å². The van der Waals surface area contributed by atoms with Crippen LogP contribution in [0, 0.1) is 6.92 Å². The van der Waals surface area contributed by atoms with Gasteiger partial charge in [-0.15, -0.1) is 37.1 Å². The second-order valence-corrected chi connectivity index (χ2v) is 5.84. The molecule has 0 saturated carbocycles. The van der Waals surface area contributed by atoms with Gasteiger partial charge in [-0.25, -0.2) is 4.99 Å². The number of pyridine rings is 1. The van der Waals surface area contributed by atoms with Crippen molar-refractivity contribution in [3.8, 4) is 5.75 Å². The zero-order valence-electron chi connectivity index (χ0n) is 15.7. The summed E-state index contributed by atoms with van der Waals surface area (Å²) in [4.78, 5) is 8.60. The minimum absolute atomic E-state index is 0. The molecular weight excluding hydrogens is 484 g/mol. The molecule has 5 nitrogen and oxygen atoms in total. The highest BCUT2D eigenvalue weighted by atomic mass is 127. The molecule has 28 heavy (non-hydrogen) atoms. The number of ether oxygens (including phenoxy) is 1. The molecule has 0 bridgehead atoms. The van der Waals surface area contributed by atoms with Crippen molar-refractivity contribution in [1.82, 2.24) is 15.6 Å². The van der Waals surface area contributed by atoms with Gasteiger partial charge in [-0.1, -0.05) is 24.3 Å². The Kier molecular flexibility index (Phi) is 10.0. The molecule has 0 aliphatic rings. The molecule has 1 aromatic heterocycles. The van der Waals surface area contributed by atoms with Crippen LogP contribution in [0.3, 0.4) is 0 Å². The van der Waals surface area contributed by atoms with Gasteiger partial charge in [0, 0.05) is 30.5 Å². The van der Waals surface area contributed by atoms with Gasteiger partial charge in [0.2, 0.25) is 0 Å². The minimum atomic E-state index is -4.73. The Morgan fingerprint density at radius 1 is 1.14 bits per heavy atom. The monoisotopic (exact) mass is 508 g/mol. The maximum Gasteiger partial charge on any atom is 0.573 e. The molecule has 0 amide bonds. The summed E-state index contributed by atoms with van der Waals surface area (Å²) in [6.45, 7) is 5.17. The van der Waals surface area contributed by atoms with Crippen molar-refractivity contribution in [2.24, 2.45) is 4.99 Å². The van der Waals surface area contributed by atoms with E-state index >= 15 is 0 Å². The first-order chi connectivity index (χ1) is 12.9. The third-order valence-corrected chi connectivity index (χ3v) is 3.63. The van der Waals surface area contributed by atoms with Crippen LogP contribution < -0.4 is 15.4 Å². The highest BCUT2D eigenvalue weighted by molar-refractivity contribution is 14.0. The average molecular weight is 508 g/mol. The molecule has 0 spiro atoms. The van der Waals surface area contributed by atoms with E-state index in [0.29, 0.717) is 24.6 Å². The van der Waals surface area contributed by atoms with E-state index in [-0.39, 0.29) is 36.3 Å². The number of hydrogen-bond acceptors (Lipinski definition) is 3. The molecular formula is C19H24F3IN4O. The number of para-hydroxylation sites is 1. The van der Waals surface area contributed by atoms with E-state index in [0.717, 1.165) is 17.7 Å². The Morgan fingerprint density at radius 2 is 1.89 bits per heavy atom. The zero-order valence-corrected chi connectivity index (χ0v) is 18.0. The topological polar surface area (TPSA) is 58.5 Å². The Labute approximate surface area is 179 Å². The van der Waals surface area contributed by atoms with Crippen molar-refractivity contribution in [3.63, 3.8) is 0 Å². The Hall–Kier alpha value is -2.04. The highest BCUT2D eigenvalue weighted by Gasteiger charge is 2.31. The summed E-state index contributed by atoms with van der Waals surface area (Å²) in [5, 5.41) is 6.25. The van der Waals surface area contributed by atoms with Crippen LogP contribution in [-0.2, 0) is 13.0 Å². The molecule has 1 heterocycles. The molecule has 0 aliphatic heterocycles. The smallest absolute Gasteiger partial charge is 0.405 e. The number of benzene rings is 1. The lowest BCUT2D eigenvalue weighted by atomic mass is 10.2. The summed E-state index contributed by atoms with van der Waals surface area (Å²) < 4.78 is 41.6. The van der Waals surface area contributed by atoms with Crippen LogP contribution in [-0.4, -0.2) is 30.4 Å². The fourth-order valence-corrected chi connectivity index (χ4v) is 2.34. The molecule has 2 N–H and O–H groups in total. The second-order valence-electron chi connectivity index (χ2n) is 5.84. The maximum atomic E-state index is 12.5. The molecule has 0 fully saturated rings. The second kappa shape index (κ2) is 11.7. The Bertz CT molecular complexity index is 752. The first kappa shape index (κ1) is 24.0. The number of aromatic nitrogens is 1. The van der Waals surface area contributed by atoms with Gasteiger partial charge in [0.25, 0.3) is 0 Å². The largest absolute Gasteiger partial charge is 0.573 e. The van der Waals surface area contributed by atoms with E-state index in [9.17, 15) is 13.2 Å². The summed E-state index contributed by atoms with van der Waals surface area (Å²) in [7, 11) is 0. The van der Waals surface area contributed by atoms with E-state index in [4.69, 9.17) is 0 Å². The molecule has 9 heteroatoms. The maximum absolute atomic E-state index is 12.5. The van der Waals surface area contributed by atoms with Crippen LogP contribution in [0.5, 0.6) is 5.75 Å². The fraction of sp³-hybridized carbons (Fsp3) is 0.368. The quantitative estimate of drug-likeness (QED) is 0.335. The lowest BCUT2D eigenvalue weighted by molar-refractivity contribution is -0.274. The van der Waals surface area contributed by atoms with E-state index in [1.807, 2.05) is 32.2 Å². The van der Waals surface area contributed by atoms with Gasteiger partial charge >= 0.3 is 6.36 Å². The van der Waals surface area contributed by atoms with Gasteiger partial charge in [-0.05, 0) is 38.0 Å². The molecule has 0 aliphatic carbocycles. The van der Waals surface area contributed by atoms with Gasteiger partial charge in [0.1, 0.15) is 5.75 Å². The first-order valence-corrected chi connectivity index (χ1v) is 8.64. The molecule has 154 valence electrons. The predicted molar refractivity (Wildman–Crippen MR) is 114 cm³/mol. The number of rotatable bonds is 7. The highest BCUT2D eigenvalue weighted by Crippen LogP contribution is 2.26. The van der Waals surface area contributed by atoms with Crippen LogP contribution >= 0.6 is 24.0 Å². The Balaban J connectivity index is 0.00000392. The minimum Gasteiger partial charge on any atom is -0.405 e. The molecule has 1 aromatic carbocycles. The van der Waals surface area contributed by atoms with Crippen molar-refractivity contribution in [3.05, 3.63) is 59.4 Å². The summed E-state index contributed by atoms with van der Waals surface area (Å²) >= 11 is 0. The average Bonchev–Trinajstić information content (AvgIpc) is 2.61. The third-order valence-electron chi connectivity index (χ3n) is 3.63. The lowest BCUT2D eigenvalue weighted by Crippen LogP contribution is -2.38. The number of nitrogens with one attached hydrogen (secondary N) is 2.